The third-order valence-electron chi connectivity index (χ3n) is 3.93. The molecule has 0 amide bonds. The van der Waals surface area contributed by atoms with Crippen molar-refractivity contribution in [2.45, 2.75) is 25.4 Å². The SMILES string of the molecule is CC1N=C(c2cccc(=O)[nH]2)NC1(C)c1ccccc1. The molecule has 1 aromatic carbocycles. The normalized spacial score (nSPS) is 25.1. The summed E-state index contributed by atoms with van der Waals surface area (Å²) in [6, 6.07) is 15.4. The lowest BCUT2D eigenvalue weighted by molar-refractivity contribution is 0.398. The van der Waals surface area contributed by atoms with Crippen molar-refractivity contribution >= 4 is 5.84 Å². The van der Waals surface area contributed by atoms with Crippen LogP contribution in [0.15, 0.2) is 58.3 Å². The molecule has 0 saturated heterocycles. The average molecular weight is 267 g/mol. The number of aromatic amines is 1. The maximum Gasteiger partial charge on any atom is 0.248 e. The molecule has 2 unspecified atom stereocenters. The molecule has 1 aromatic heterocycles. The van der Waals surface area contributed by atoms with Crippen LogP contribution in [-0.4, -0.2) is 16.9 Å². The number of hydrogen-bond acceptors (Lipinski definition) is 3. The van der Waals surface area contributed by atoms with Crippen LogP contribution in [-0.2, 0) is 5.54 Å². The van der Waals surface area contributed by atoms with E-state index in [1.807, 2.05) is 24.3 Å². The van der Waals surface area contributed by atoms with Crippen molar-refractivity contribution in [3.63, 3.8) is 0 Å². The highest BCUT2D eigenvalue weighted by Gasteiger charge is 2.39. The summed E-state index contributed by atoms with van der Waals surface area (Å²) in [4.78, 5) is 18.9. The average Bonchev–Trinajstić information content (AvgIpc) is 2.77. The Bertz CT molecular complexity index is 705. The molecule has 2 heterocycles. The zero-order chi connectivity index (χ0) is 14.2. The summed E-state index contributed by atoms with van der Waals surface area (Å²) >= 11 is 0. The molecule has 2 N–H and O–H groups in total. The Morgan fingerprint density at radius 2 is 1.85 bits per heavy atom. The second-order valence-electron chi connectivity index (χ2n) is 5.28. The van der Waals surface area contributed by atoms with E-state index in [1.165, 1.54) is 11.6 Å². The van der Waals surface area contributed by atoms with Gasteiger partial charge in [0.25, 0.3) is 0 Å². The minimum atomic E-state index is -0.261. The van der Waals surface area contributed by atoms with Crippen molar-refractivity contribution in [3.8, 4) is 0 Å². The van der Waals surface area contributed by atoms with Gasteiger partial charge in [0.2, 0.25) is 5.56 Å². The van der Waals surface area contributed by atoms with E-state index in [0.29, 0.717) is 0 Å². The van der Waals surface area contributed by atoms with Crippen molar-refractivity contribution in [3.05, 3.63) is 70.1 Å². The fourth-order valence-electron chi connectivity index (χ4n) is 2.53. The fourth-order valence-corrected chi connectivity index (χ4v) is 2.53. The molecule has 2 atom stereocenters. The van der Waals surface area contributed by atoms with E-state index in [2.05, 4.69) is 41.3 Å². The summed E-state index contributed by atoms with van der Waals surface area (Å²) in [5.41, 5.74) is 1.53. The summed E-state index contributed by atoms with van der Waals surface area (Å²) in [5.74, 6) is 0.738. The van der Waals surface area contributed by atoms with Gasteiger partial charge in [-0.2, -0.15) is 0 Å². The number of aliphatic imine (C=N–C) groups is 1. The Balaban J connectivity index is 1.97. The molecule has 0 fully saturated rings. The first-order chi connectivity index (χ1) is 9.59. The molecule has 20 heavy (non-hydrogen) atoms. The Labute approximate surface area is 117 Å². The number of H-pyrrole nitrogens is 1. The molecule has 3 rings (SSSR count). The monoisotopic (exact) mass is 267 g/mol. The van der Waals surface area contributed by atoms with Gasteiger partial charge in [-0.05, 0) is 25.5 Å². The van der Waals surface area contributed by atoms with Crippen molar-refractivity contribution in [2.24, 2.45) is 4.99 Å². The zero-order valence-corrected chi connectivity index (χ0v) is 11.6. The Morgan fingerprint density at radius 3 is 2.55 bits per heavy atom. The summed E-state index contributed by atoms with van der Waals surface area (Å²) in [6.07, 6.45) is 0. The molecule has 0 radical (unpaired) electrons. The van der Waals surface area contributed by atoms with Gasteiger partial charge in [0.1, 0.15) is 5.84 Å². The lowest BCUT2D eigenvalue weighted by Crippen LogP contribution is -2.44. The number of benzene rings is 1. The lowest BCUT2D eigenvalue weighted by atomic mass is 9.87. The van der Waals surface area contributed by atoms with Crippen LogP contribution in [0.1, 0.15) is 25.1 Å². The predicted octanol–water partition coefficient (Wildman–Crippen LogP) is 2.03. The quantitative estimate of drug-likeness (QED) is 0.874. The third kappa shape index (κ3) is 2.03. The van der Waals surface area contributed by atoms with Crippen LogP contribution in [0, 0.1) is 0 Å². The van der Waals surface area contributed by atoms with E-state index in [1.54, 1.807) is 6.07 Å². The largest absolute Gasteiger partial charge is 0.357 e. The molecule has 0 saturated carbocycles. The summed E-state index contributed by atoms with van der Waals surface area (Å²) in [6.45, 7) is 4.21. The topological polar surface area (TPSA) is 57.2 Å². The first kappa shape index (κ1) is 12.7. The fraction of sp³-hybridized carbons (Fsp3) is 0.250. The van der Waals surface area contributed by atoms with Crippen molar-refractivity contribution in [2.75, 3.05) is 0 Å². The van der Waals surface area contributed by atoms with Crippen LogP contribution in [0.2, 0.25) is 0 Å². The number of pyridine rings is 1. The van der Waals surface area contributed by atoms with Crippen molar-refractivity contribution in [1.29, 1.82) is 0 Å². The number of nitrogens with one attached hydrogen (secondary N) is 2. The number of nitrogens with zero attached hydrogens (tertiary/aromatic N) is 1. The highest BCUT2D eigenvalue weighted by molar-refractivity contribution is 5.99. The van der Waals surface area contributed by atoms with E-state index in [4.69, 9.17) is 0 Å². The summed E-state index contributed by atoms with van der Waals surface area (Å²) in [7, 11) is 0. The maximum atomic E-state index is 11.4. The van der Waals surface area contributed by atoms with E-state index in [9.17, 15) is 4.79 Å². The summed E-state index contributed by atoms with van der Waals surface area (Å²) < 4.78 is 0. The molecule has 1 aliphatic heterocycles. The van der Waals surface area contributed by atoms with Crippen molar-refractivity contribution < 1.29 is 0 Å². The molecule has 2 aromatic rings. The van der Waals surface area contributed by atoms with Crippen LogP contribution in [0.4, 0.5) is 0 Å². The van der Waals surface area contributed by atoms with Crippen molar-refractivity contribution in [1.82, 2.24) is 10.3 Å². The molecule has 102 valence electrons. The predicted molar refractivity (Wildman–Crippen MR) is 80.0 cm³/mol. The van der Waals surface area contributed by atoms with Gasteiger partial charge in [-0.1, -0.05) is 36.4 Å². The number of aromatic nitrogens is 1. The first-order valence-corrected chi connectivity index (χ1v) is 6.71. The van der Waals surface area contributed by atoms with Crippen LogP contribution >= 0.6 is 0 Å². The van der Waals surface area contributed by atoms with Gasteiger partial charge in [0, 0.05) is 6.07 Å². The minimum Gasteiger partial charge on any atom is -0.357 e. The number of hydrogen-bond donors (Lipinski definition) is 2. The van der Waals surface area contributed by atoms with Crippen LogP contribution in [0.3, 0.4) is 0 Å². The molecule has 4 heteroatoms. The molecule has 0 bridgehead atoms. The van der Waals surface area contributed by atoms with Crippen LogP contribution in [0.25, 0.3) is 0 Å². The highest BCUT2D eigenvalue weighted by atomic mass is 16.1. The third-order valence-corrected chi connectivity index (χ3v) is 3.93. The molecule has 4 nitrogen and oxygen atoms in total. The van der Waals surface area contributed by atoms with Crippen LogP contribution in [0.5, 0.6) is 0 Å². The van der Waals surface area contributed by atoms with Crippen LogP contribution < -0.4 is 10.9 Å². The minimum absolute atomic E-state index is 0.0867. The number of amidine groups is 1. The maximum absolute atomic E-state index is 11.4. The zero-order valence-electron chi connectivity index (χ0n) is 11.6. The molecule has 1 aliphatic rings. The lowest BCUT2D eigenvalue weighted by Gasteiger charge is -2.29. The Morgan fingerprint density at radius 1 is 1.10 bits per heavy atom. The van der Waals surface area contributed by atoms with E-state index in [-0.39, 0.29) is 17.1 Å². The van der Waals surface area contributed by atoms with Gasteiger partial charge in [-0.15, -0.1) is 0 Å². The second-order valence-corrected chi connectivity index (χ2v) is 5.28. The van der Waals surface area contributed by atoms with Gasteiger partial charge >= 0.3 is 0 Å². The van der Waals surface area contributed by atoms with E-state index < -0.39 is 0 Å². The Kier molecular flexibility index (Phi) is 2.93. The molecular formula is C16H17N3O. The van der Waals surface area contributed by atoms with E-state index in [0.717, 1.165) is 11.5 Å². The standard InChI is InChI=1S/C16H17N3O/c1-11-16(2,12-7-4-3-5-8-12)19-15(17-11)13-9-6-10-14(20)18-13/h3-11H,1-2H3,(H,17,19)(H,18,20). The molecular weight excluding hydrogens is 250 g/mol. The van der Waals surface area contributed by atoms with Gasteiger partial charge in [0.15, 0.2) is 0 Å². The summed E-state index contributed by atoms with van der Waals surface area (Å²) in [5, 5.41) is 3.46. The Hall–Kier alpha value is -2.36. The van der Waals surface area contributed by atoms with Gasteiger partial charge in [0.05, 0.1) is 17.3 Å². The highest BCUT2D eigenvalue weighted by Crippen LogP contribution is 2.31. The van der Waals surface area contributed by atoms with Gasteiger partial charge in [-0.25, -0.2) is 0 Å². The molecule has 0 spiro atoms. The van der Waals surface area contributed by atoms with Gasteiger partial charge in [-0.3, -0.25) is 9.79 Å². The second kappa shape index (κ2) is 4.63. The van der Waals surface area contributed by atoms with Gasteiger partial charge < -0.3 is 10.3 Å². The first-order valence-electron chi connectivity index (χ1n) is 6.71. The number of rotatable bonds is 2. The molecule has 0 aliphatic carbocycles. The smallest absolute Gasteiger partial charge is 0.248 e. The van der Waals surface area contributed by atoms with E-state index >= 15 is 0 Å².